The van der Waals surface area contributed by atoms with Gasteiger partial charge in [-0.25, -0.2) is 0 Å². The Morgan fingerprint density at radius 2 is 2.17 bits per heavy atom. The first-order chi connectivity index (χ1) is 11.7. The number of carbonyl (C=O) groups is 1. The maximum absolute atomic E-state index is 12.2. The van der Waals surface area contributed by atoms with Crippen molar-refractivity contribution in [3.05, 3.63) is 53.3 Å². The number of H-pyrrole nitrogens is 1. The zero-order valence-corrected chi connectivity index (χ0v) is 13.9. The van der Waals surface area contributed by atoms with Gasteiger partial charge >= 0.3 is 5.97 Å². The maximum Gasteiger partial charge on any atom is 0.309 e. The van der Waals surface area contributed by atoms with Crippen LogP contribution >= 0.6 is 0 Å². The van der Waals surface area contributed by atoms with Crippen LogP contribution in [0.4, 0.5) is 0 Å². The Kier molecular flexibility index (Phi) is 4.10. The van der Waals surface area contributed by atoms with Crippen LogP contribution in [-0.4, -0.2) is 40.8 Å². The van der Waals surface area contributed by atoms with Gasteiger partial charge < -0.3 is 4.74 Å². The molecule has 2 heterocycles. The van der Waals surface area contributed by atoms with Crippen molar-refractivity contribution in [2.75, 3.05) is 13.7 Å². The molecule has 1 aliphatic carbocycles. The van der Waals surface area contributed by atoms with Gasteiger partial charge in [-0.05, 0) is 36.3 Å². The number of rotatable bonds is 3. The number of aromatic amines is 1. The summed E-state index contributed by atoms with van der Waals surface area (Å²) in [4.78, 5) is 14.6. The number of likely N-dealkylation sites (tertiary alicyclic amines) is 1. The standard InChI is InChI=1S/C19H23N3O2/c1-24-19(23)16-7-14-8-17-15(10-20-21-17)9-18(14)22(12-16)11-13-5-3-2-4-6-13/h2-6,10,14,16,18H,7-9,11-12H2,1H3,(H,20,21). The summed E-state index contributed by atoms with van der Waals surface area (Å²) in [5.74, 6) is 0.353. The highest BCUT2D eigenvalue weighted by Gasteiger charge is 2.42. The number of hydrogen-bond acceptors (Lipinski definition) is 4. The van der Waals surface area contributed by atoms with Crippen LogP contribution in [0.1, 0.15) is 23.2 Å². The molecule has 1 aromatic heterocycles. The van der Waals surface area contributed by atoms with Crippen molar-refractivity contribution in [1.29, 1.82) is 0 Å². The van der Waals surface area contributed by atoms with Crippen LogP contribution in [0.5, 0.6) is 0 Å². The summed E-state index contributed by atoms with van der Waals surface area (Å²) in [6.07, 6.45) is 4.84. The molecule has 1 saturated heterocycles. The van der Waals surface area contributed by atoms with Gasteiger partial charge in [-0.2, -0.15) is 5.10 Å². The SMILES string of the molecule is COC(=O)C1CC2Cc3[nH]ncc3CC2N(Cc2ccccc2)C1. The summed E-state index contributed by atoms with van der Waals surface area (Å²) < 4.78 is 5.04. The number of fused-ring (bicyclic) bond motifs is 2. The fourth-order valence-corrected chi connectivity index (χ4v) is 4.34. The van der Waals surface area contributed by atoms with E-state index in [9.17, 15) is 4.79 Å². The Labute approximate surface area is 142 Å². The number of esters is 1. The minimum atomic E-state index is -0.0816. The Morgan fingerprint density at radius 1 is 1.33 bits per heavy atom. The highest BCUT2D eigenvalue weighted by molar-refractivity contribution is 5.72. The van der Waals surface area contributed by atoms with E-state index in [1.807, 2.05) is 12.3 Å². The van der Waals surface area contributed by atoms with Gasteiger partial charge in [0.05, 0.1) is 19.2 Å². The van der Waals surface area contributed by atoms with E-state index < -0.39 is 0 Å². The number of methoxy groups -OCH3 is 1. The molecule has 0 radical (unpaired) electrons. The second-order valence-electron chi connectivity index (χ2n) is 6.98. The first kappa shape index (κ1) is 15.4. The van der Waals surface area contributed by atoms with Crippen molar-refractivity contribution in [1.82, 2.24) is 15.1 Å². The van der Waals surface area contributed by atoms with Crippen LogP contribution in [-0.2, 0) is 28.9 Å². The first-order valence-electron chi connectivity index (χ1n) is 8.61. The molecule has 2 aromatic rings. The topological polar surface area (TPSA) is 58.2 Å². The molecule has 1 aliphatic heterocycles. The average molecular weight is 325 g/mol. The van der Waals surface area contributed by atoms with Gasteiger partial charge in [0, 0.05) is 24.8 Å². The fraction of sp³-hybridized carbons (Fsp3) is 0.474. The largest absolute Gasteiger partial charge is 0.469 e. The van der Waals surface area contributed by atoms with E-state index in [0.717, 1.165) is 32.4 Å². The molecule has 126 valence electrons. The third-order valence-electron chi connectivity index (χ3n) is 5.52. The summed E-state index contributed by atoms with van der Waals surface area (Å²) in [5, 5.41) is 7.33. The van der Waals surface area contributed by atoms with E-state index in [4.69, 9.17) is 4.74 Å². The van der Waals surface area contributed by atoms with Gasteiger partial charge in [0.2, 0.25) is 0 Å². The third kappa shape index (κ3) is 2.84. The van der Waals surface area contributed by atoms with Gasteiger partial charge in [-0.3, -0.25) is 14.8 Å². The summed E-state index contributed by atoms with van der Waals surface area (Å²) in [7, 11) is 1.49. The van der Waals surface area contributed by atoms with Crippen molar-refractivity contribution in [2.24, 2.45) is 11.8 Å². The number of benzene rings is 1. The summed E-state index contributed by atoms with van der Waals surface area (Å²) in [6, 6.07) is 11.0. The molecule has 4 rings (SSSR count). The Bertz CT molecular complexity index is 712. The van der Waals surface area contributed by atoms with Crippen molar-refractivity contribution < 1.29 is 9.53 Å². The lowest BCUT2D eigenvalue weighted by molar-refractivity contribution is -0.149. The lowest BCUT2D eigenvalue weighted by Crippen LogP contribution is -2.53. The van der Waals surface area contributed by atoms with E-state index in [1.54, 1.807) is 0 Å². The van der Waals surface area contributed by atoms with Crippen LogP contribution in [0.15, 0.2) is 36.5 Å². The highest BCUT2D eigenvalue weighted by atomic mass is 16.5. The number of aromatic nitrogens is 2. The molecule has 1 N–H and O–H groups in total. The zero-order chi connectivity index (χ0) is 16.5. The molecule has 0 bridgehead atoms. The smallest absolute Gasteiger partial charge is 0.309 e. The number of hydrogen-bond donors (Lipinski definition) is 1. The van der Waals surface area contributed by atoms with Crippen LogP contribution in [0.3, 0.4) is 0 Å². The molecule has 5 heteroatoms. The molecule has 0 saturated carbocycles. The van der Waals surface area contributed by atoms with E-state index in [0.29, 0.717) is 12.0 Å². The lowest BCUT2D eigenvalue weighted by atomic mass is 9.74. The minimum Gasteiger partial charge on any atom is -0.469 e. The molecule has 0 amide bonds. The molecule has 3 atom stereocenters. The molecule has 2 aliphatic rings. The van der Waals surface area contributed by atoms with Gasteiger partial charge in [-0.15, -0.1) is 0 Å². The lowest BCUT2D eigenvalue weighted by Gasteiger charge is -2.46. The first-order valence-corrected chi connectivity index (χ1v) is 8.61. The van der Waals surface area contributed by atoms with E-state index in [2.05, 4.69) is 39.4 Å². The average Bonchev–Trinajstić information content (AvgIpc) is 3.07. The molecule has 5 nitrogen and oxygen atoms in total. The highest BCUT2D eigenvalue weighted by Crippen LogP contribution is 2.37. The predicted molar refractivity (Wildman–Crippen MR) is 90.2 cm³/mol. The third-order valence-corrected chi connectivity index (χ3v) is 5.52. The molecule has 0 spiro atoms. The Hall–Kier alpha value is -2.14. The van der Waals surface area contributed by atoms with Gasteiger partial charge in [0.25, 0.3) is 0 Å². The second-order valence-corrected chi connectivity index (χ2v) is 6.98. The van der Waals surface area contributed by atoms with E-state index in [-0.39, 0.29) is 11.9 Å². The quantitative estimate of drug-likeness (QED) is 0.879. The normalized spacial score (nSPS) is 26.5. The minimum absolute atomic E-state index is 0.0376. The van der Waals surface area contributed by atoms with E-state index >= 15 is 0 Å². The summed E-state index contributed by atoms with van der Waals surface area (Å²) in [6.45, 7) is 1.65. The number of piperidine rings is 1. The molecule has 24 heavy (non-hydrogen) atoms. The van der Waals surface area contributed by atoms with Crippen molar-refractivity contribution in [3.8, 4) is 0 Å². The van der Waals surface area contributed by atoms with Gasteiger partial charge in [0.1, 0.15) is 0 Å². The van der Waals surface area contributed by atoms with Crippen molar-refractivity contribution in [3.63, 3.8) is 0 Å². The van der Waals surface area contributed by atoms with Crippen LogP contribution < -0.4 is 0 Å². The monoisotopic (exact) mass is 325 g/mol. The second kappa shape index (κ2) is 6.40. The molecular weight excluding hydrogens is 302 g/mol. The van der Waals surface area contributed by atoms with Crippen LogP contribution in [0.2, 0.25) is 0 Å². The number of ether oxygens (including phenoxy) is 1. The fourth-order valence-electron chi connectivity index (χ4n) is 4.34. The maximum atomic E-state index is 12.2. The number of nitrogens with one attached hydrogen (secondary N) is 1. The molecule has 1 fully saturated rings. The van der Waals surface area contributed by atoms with Crippen LogP contribution in [0, 0.1) is 11.8 Å². The summed E-state index contributed by atoms with van der Waals surface area (Å²) in [5.41, 5.74) is 3.85. The zero-order valence-electron chi connectivity index (χ0n) is 13.9. The molecule has 1 aromatic carbocycles. The number of nitrogens with zero attached hydrogens (tertiary/aromatic N) is 2. The molecule has 3 unspecified atom stereocenters. The number of carbonyl (C=O) groups excluding carboxylic acids is 1. The van der Waals surface area contributed by atoms with Crippen molar-refractivity contribution in [2.45, 2.75) is 31.8 Å². The predicted octanol–water partition coefficient (Wildman–Crippen LogP) is 2.19. The summed E-state index contributed by atoms with van der Waals surface area (Å²) >= 11 is 0. The molecular formula is C19H23N3O2. The Balaban J connectivity index is 1.60. The van der Waals surface area contributed by atoms with Crippen molar-refractivity contribution >= 4 is 5.97 Å². The van der Waals surface area contributed by atoms with Crippen LogP contribution in [0.25, 0.3) is 0 Å². The van der Waals surface area contributed by atoms with Gasteiger partial charge in [0.15, 0.2) is 0 Å². The van der Waals surface area contributed by atoms with E-state index in [1.165, 1.54) is 23.9 Å². The van der Waals surface area contributed by atoms with Gasteiger partial charge in [-0.1, -0.05) is 30.3 Å². The Morgan fingerprint density at radius 3 is 2.96 bits per heavy atom.